The quantitative estimate of drug-likeness (QED) is 0.456. The molecule has 0 radical (unpaired) electrons. The van der Waals surface area contributed by atoms with Crippen LogP contribution in [0.5, 0.6) is 0 Å². The number of amides is 2. The van der Waals surface area contributed by atoms with E-state index >= 15 is 0 Å². The summed E-state index contributed by atoms with van der Waals surface area (Å²) in [6.07, 6.45) is 0.549. The highest BCUT2D eigenvalue weighted by Crippen LogP contribution is 2.38. The predicted octanol–water partition coefficient (Wildman–Crippen LogP) is 6.13. The van der Waals surface area contributed by atoms with Crippen molar-refractivity contribution in [1.82, 2.24) is 4.90 Å². The van der Waals surface area contributed by atoms with Crippen molar-refractivity contribution in [3.05, 3.63) is 94.5 Å². The molecule has 2 aliphatic heterocycles. The molecule has 3 aromatic rings. The molecule has 1 N–H and O–H groups in total. The standard InChI is InChI=1S/C27H23ClN4O2S/c1-3-22(25(33)29-18-14-13-16(2)20(28)15-18)35-27-30-21-12-8-7-11-19(21)24-31-23(26(34)32(24)27)17-9-5-4-6-10-17/h4-15,22-23H,3H2,1-2H3,(H,29,33). The van der Waals surface area contributed by atoms with Crippen molar-refractivity contribution < 1.29 is 9.59 Å². The van der Waals surface area contributed by atoms with Crippen LogP contribution in [-0.4, -0.2) is 33.0 Å². The maximum Gasteiger partial charge on any atom is 0.263 e. The number of amidine groups is 2. The molecule has 8 heteroatoms. The molecule has 0 aromatic heterocycles. The number of carbonyl (C=O) groups excluding carboxylic acids is 2. The number of carbonyl (C=O) groups is 2. The van der Waals surface area contributed by atoms with E-state index in [0.29, 0.717) is 28.1 Å². The molecule has 2 aliphatic rings. The average Bonchev–Trinajstić information content (AvgIpc) is 3.23. The van der Waals surface area contributed by atoms with E-state index in [1.54, 1.807) is 11.0 Å². The Morgan fingerprint density at radius 2 is 1.86 bits per heavy atom. The first kappa shape index (κ1) is 23.3. The summed E-state index contributed by atoms with van der Waals surface area (Å²) in [6, 6.07) is 21.9. The van der Waals surface area contributed by atoms with Gasteiger partial charge in [0.1, 0.15) is 5.84 Å². The van der Waals surface area contributed by atoms with Crippen molar-refractivity contribution in [1.29, 1.82) is 0 Å². The highest BCUT2D eigenvalue weighted by molar-refractivity contribution is 8.15. The normalized spacial score (nSPS) is 17.3. The van der Waals surface area contributed by atoms with Crippen LogP contribution in [-0.2, 0) is 9.59 Å². The Balaban J connectivity index is 1.45. The van der Waals surface area contributed by atoms with Crippen molar-refractivity contribution in [2.24, 2.45) is 9.98 Å². The molecule has 2 atom stereocenters. The number of aryl methyl sites for hydroxylation is 1. The van der Waals surface area contributed by atoms with E-state index in [9.17, 15) is 9.59 Å². The van der Waals surface area contributed by atoms with E-state index in [1.165, 1.54) is 11.8 Å². The predicted molar refractivity (Wildman–Crippen MR) is 143 cm³/mol. The number of aliphatic imine (C=N–C) groups is 2. The lowest BCUT2D eigenvalue weighted by Gasteiger charge is -2.27. The zero-order valence-electron chi connectivity index (χ0n) is 19.2. The van der Waals surface area contributed by atoms with Crippen molar-refractivity contribution in [3.63, 3.8) is 0 Å². The zero-order chi connectivity index (χ0) is 24.5. The van der Waals surface area contributed by atoms with Crippen LogP contribution in [0.4, 0.5) is 11.4 Å². The van der Waals surface area contributed by atoms with Crippen molar-refractivity contribution in [2.45, 2.75) is 31.6 Å². The minimum Gasteiger partial charge on any atom is -0.325 e. The SMILES string of the molecule is CCC(SC1=Nc2ccccc2C2=NC(c3ccccc3)C(=O)N12)C(=O)Nc1ccc(C)c(Cl)c1. The maximum atomic E-state index is 13.6. The summed E-state index contributed by atoms with van der Waals surface area (Å²) in [4.78, 5) is 37.8. The van der Waals surface area contributed by atoms with E-state index in [4.69, 9.17) is 21.6 Å². The van der Waals surface area contributed by atoms with Crippen LogP contribution in [0.1, 0.15) is 36.1 Å². The Morgan fingerprint density at radius 1 is 1.11 bits per heavy atom. The van der Waals surface area contributed by atoms with Gasteiger partial charge in [-0.2, -0.15) is 0 Å². The van der Waals surface area contributed by atoms with Crippen LogP contribution in [0.25, 0.3) is 0 Å². The van der Waals surface area contributed by atoms with Gasteiger partial charge in [-0.25, -0.2) is 14.9 Å². The number of hydrogen-bond acceptors (Lipinski definition) is 5. The summed E-state index contributed by atoms with van der Waals surface area (Å²) in [6.45, 7) is 3.84. The van der Waals surface area contributed by atoms with Crippen LogP contribution in [0.2, 0.25) is 5.02 Å². The van der Waals surface area contributed by atoms with Crippen LogP contribution in [0, 0.1) is 6.92 Å². The molecule has 5 rings (SSSR count). The lowest BCUT2D eigenvalue weighted by atomic mass is 10.1. The number of benzene rings is 3. The van der Waals surface area contributed by atoms with Crippen molar-refractivity contribution in [2.75, 3.05) is 5.32 Å². The Kier molecular flexibility index (Phi) is 6.45. The molecular weight excluding hydrogens is 480 g/mol. The Hall–Kier alpha value is -3.42. The number of anilines is 1. The van der Waals surface area contributed by atoms with E-state index in [-0.39, 0.29) is 11.8 Å². The van der Waals surface area contributed by atoms with Crippen LogP contribution < -0.4 is 5.32 Å². The molecule has 3 aromatic carbocycles. The molecule has 0 spiro atoms. The van der Waals surface area contributed by atoms with Gasteiger partial charge in [-0.05, 0) is 48.7 Å². The lowest BCUT2D eigenvalue weighted by molar-refractivity contribution is -0.124. The zero-order valence-corrected chi connectivity index (χ0v) is 20.8. The largest absolute Gasteiger partial charge is 0.325 e. The topological polar surface area (TPSA) is 74.1 Å². The minimum absolute atomic E-state index is 0.174. The fraction of sp³-hybridized carbons (Fsp3) is 0.185. The van der Waals surface area contributed by atoms with Gasteiger partial charge in [0.2, 0.25) is 5.91 Å². The number of nitrogens with one attached hydrogen (secondary N) is 1. The summed E-state index contributed by atoms with van der Waals surface area (Å²) < 4.78 is 0. The van der Waals surface area contributed by atoms with Crippen LogP contribution in [0.15, 0.2) is 82.8 Å². The molecule has 2 unspecified atom stereocenters. The van der Waals surface area contributed by atoms with Crippen molar-refractivity contribution in [3.8, 4) is 0 Å². The third kappa shape index (κ3) is 4.49. The van der Waals surface area contributed by atoms with Crippen LogP contribution in [0.3, 0.4) is 0 Å². The van der Waals surface area contributed by atoms with Gasteiger partial charge in [0.25, 0.3) is 5.91 Å². The molecule has 2 amide bonds. The molecule has 176 valence electrons. The number of hydrogen-bond donors (Lipinski definition) is 1. The summed E-state index contributed by atoms with van der Waals surface area (Å²) in [7, 11) is 0. The van der Waals surface area contributed by atoms with E-state index < -0.39 is 11.3 Å². The molecule has 0 saturated heterocycles. The second-order valence-corrected chi connectivity index (χ2v) is 9.90. The first-order valence-electron chi connectivity index (χ1n) is 11.3. The molecule has 35 heavy (non-hydrogen) atoms. The van der Waals surface area contributed by atoms with Crippen LogP contribution >= 0.6 is 23.4 Å². The highest BCUT2D eigenvalue weighted by atomic mass is 35.5. The smallest absolute Gasteiger partial charge is 0.263 e. The Morgan fingerprint density at radius 3 is 2.60 bits per heavy atom. The number of thioether (sulfide) groups is 1. The summed E-state index contributed by atoms with van der Waals surface area (Å²) in [5.41, 5.74) is 3.92. The number of halogens is 1. The fourth-order valence-electron chi connectivity index (χ4n) is 4.02. The summed E-state index contributed by atoms with van der Waals surface area (Å²) in [5.74, 6) is 0.216. The molecule has 0 saturated carbocycles. The third-order valence-corrected chi connectivity index (χ3v) is 7.66. The van der Waals surface area contributed by atoms with Gasteiger partial charge in [0, 0.05) is 16.3 Å². The molecule has 2 heterocycles. The van der Waals surface area contributed by atoms with Gasteiger partial charge < -0.3 is 5.32 Å². The van der Waals surface area contributed by atoms with Gasteiger partial charge in [0.05, 0.1) is 10.9 Å². The fourth-order valence-corrected chi connectivity index (χ4v) is 5.22. The monoisotopic (exact) mass is 502 g/mol. The molecule has 6 nitrogen and oxygen atoms in total. The maximum absolute atomic E-state index is 13.6. The number of rotatable bonds is 5. The first-order chi connectivity index (χ1) is 17.0. The second-order valence-electron chi connectivity index (χ2n) is 8.32. The highest BCUT2D eigenvalue weighted by Gasteiger charge is 2.43. The number of para-hydroxylation sites is 1. The molecule has 0 bridgehead atoms. The molecule has 0 fully saturated rings. The Bertz CT molecular complexity index is 1370. The average molecular weight is 503 g/mol. The third-order valence-electron chi connectivity index (χ3n) is 5.94. The second kappa shape index (κ2) is 9.68. The first-order valence-corrected chi connectivity index (χ1v) is 12.6. The van der Waals surface area contributed by atoms with Gasteiger partial charge in [-0.1, -0.05) is 78.8 Å². The van der Waals surface area contributed by atoms with E-state index in [2.05, 4.69) is 5.32 Å². The lowest BCUT2D eigenvalue weighted by Crippen LogP contribution is -2.41. The number of nitrogens with zero attached hydrogens (tertiary/aromatic N) is 3. The van der Waals surface area contributed by atoms with Gasteiger partial charge in [0.15, 0.2) is 11.2 Å². The van der Waals surface area contributed by atoms with Gasteiger partial charge >= 0.3 is 0 Å². The summed E-state index contributed by atoms with van der Waals surface area (Å²) in [5, 5.41) is 3.52. The number of fused-ring (bicyclic) bond motifs is 3. The summed E-state index contributed by atoms with van der Waals surface area (Å²) >= 11 is 7.49. The molecular formula is C27H23ClN4O2S. The Labute approximate surface area is 213 Å². The molecule has 0 aliphatic carbocycles. The minimum atomic E-state index is -0.647. The van der Waals surface area contributed by atoms with Gasteiger partial charge in [-0.15, -0.1) is 0 Å². The van der Waals surface area contributed by atoms with E-state index in [0.717, 1.165) is 22.4 Å². The van der Waals surface area contributed by atoms with E-state index in [1.807, 2.05) is 80.6 Å². The van der Waals surface area contributed by atoms with Gasteiger partial charge in [-0.3, -0.25) is 9.59 Å². The van der Waals surface area contributed by atoms with Crippen molar-refractivity contribution >= 4 is 57.6 Å².